The monoisotopic (exact) mass is 193 g/mol. The minimum absolute atomic E-state index is 0.320. The zero-order valence-corrected chi connectivity index (χ0v) is 7.56. The van der Waals surface area contributed by atoms with E-state index in [0.717, 1.165) is 0 Å². The molecule has 0 aliphatic heterocycles. The molecule has 0 fully saturated rings. The maximum Gasteiger partial charge on any atom is 0.253 e. The molecule has 0 spiro atoms. The fraction of sp³-hybridized carbons (Fsp3) is 0.222. The molecule has 1 aromatic rings. The van der Waals surface area contributed by atoms with Crippen LogP contribution in [0.2, 0.25) is 0 Å². The van der Waals surface area contributed by atoms with E-state index in [1.54, 1.807) is 12.1 Å². The number of carboxylic acid groups (broad SMARTS) is 1. The van der Waals surface area contributed by atoms with E-state index in [1.165, 1.54) is 19.3 Å². The van der Waals surface area contributed by atoms with Crippen molar-refractivity contribution in [3.63, 3.8) is 0 Å². The van der Waals surface area contributed by atoms with Crippen LogP contribution in [-0.2, 0) is 4.79 Å². The van der Waals surface area contributed by atoms with Crippen LogP contribution in [0, 0.1) is 0 Å². The molecule has 1 amide bonds. The molecule has 74 valence electrons. The van der Waals surface area contributed by atoms with Crippen LogP contribution in [-0.4, -0.2) is 22.9 Å². The Morgan fingerprint density at radius 2 is 2.29 bits per heavy atom. The molecule has 0 aromatic carbocycles. The molecule has 0 aliphatic carbocycles. The van der Waals surface area contributed by atoms with E-state index in [9.17, 15) is 14.7 Å². The lowest BCUT2D eigenvalue weighted by Crippen LogP contribution is -2.45. The molecule has 0 saturated carbocycles. The molecule has 5 heteroatoms. The quantitative estimate of drug-likeness (QED) is 0.664. The maximum absolute atomic E-state index is 11.3. The van der Waals surface area contributed by atoms with Crippen LogP contribution in [0.25, 0.3) is 0 Å². The van der Waals surface area contributed by atoms with Gasteiger partial charge in [-0.1, -0.05) is 0 Å². The molecular weight excluding hydrogens is 184 g/mol. The second kappa shape index (κ2) is 4.36. The predicted octanol–water partition coefficient (Wildman–Crippen LogP) is -1.05. The van der Waals surface area contributed by atoms with Crippen molar-refractivity contribution in [1.29, 1.82) is 0 Å². The average Bonchev–Trinajstić information content (AvgIpc) is 2.19. The molecule has 1 atom stereocenters. The Labute approximate surface area is 80.8 Å². The van der Waals surface area contributed by atoms with Crippen LogP contribution in [0.4, 0.5) is 0 Å². The first kappa shape index (κ1) is 10.2. The van der Waals surface area contributed by atoms with Crippen LogP contribution >= 0.6 is 0 Å². The summed E-state index contributed by atoms with van der Waals surface area (Å²) in [6.07, 6.45) is 2.89. The van der Waals surface area contributed by atoms with Gasteiger partial charge in [-0.3, -0.25) is 9.78 Å². The van der Waals surface area contributed by atoms with Crippen LogP contribution in [0.3, 0.4) is 0 Å². The highest BCUT2D eigenvalue weighted by Crippen LogP contribution is 1.95. The lowest BCUT2D eigenvalue weighted by molar-refractivity contribution is -0.307. The second-order valence-corrected chi connectivity index (χ2v) is 2.76. The van der Waals surface area contributed by atoms with E-state index >= 15 is 0 Å². The number of amides is 1. The van der Waals surface area contributed by atoms with Crippen molar-refractivity contribution in [3.05, 3.63) is 30.1 Å². The number of aliphatic carboxylic acids is 1. The third kappa shape index (κ3) is 2.55. The van der Waals surface area contributed by atoms with E-state index in [4.69, 9.17) is 0 Å². The maximum atomic E-state index is 11.3. The standard InChI is InChI=1S/C9H10N2O3/c1-6(9(13)14)11-8(12)7-3-2-4-10-5-7/h2-6H,1H3,(H,11,12)(H,13,14)/p-1/t6-/m1/s1. The summed E-state index contributed by atoms with van der Waals surface area (Å²) in [6, 6.07) is 2.13. The van der Waals surface area contributed by atoms with Crippen molar-refractivity contribution in [2.75, 3.05) is 0 Å². The highest BCUT2D eigenvalue weighted by molar-refractivity contribution is 5.95. The lowest BCUT2D eigenvalue weighted by atomic mass is 10.2. The molecule has 1 heterocycles. The van der Waals surface area contributed by atoms with E-state index in [1.807, 2.05) is 0 Å². The number of aromatic nitrogens is 1. The summed E-state index contributed by atoms with van der Waals surface area (Å²) in [5.74, 6) is -1.79. The van der Waals surface area contributed by atoms with Gasteiger partial charge in [0.15, 0.2) is 0 Å². The van der Waals surface area contributed by atoms with Gasteiger partial charge >= 0.3 is 0 Å². The summed E-state index contributed by atoms with van der Waals surface area (Å²) in [6.45, 7) is 1.34. The minimum atomic E-state index is -1.32. The first-order chi connectivity index (χ1) is 6.61. The van der Waals surface area contributed by atoms with Crippen molar-refractivity contribution in [3.8, 4) is 0 Å². The molecule has 0 bridgehead atoms. The van der Waals surface area contributed by atoms with Gasteiger partial charge in [0.25, 0.3) is 5.91 Å². The molecule has 5 nitrogen and oxygen atoms in total. The number of carboxylic acids is 1. The molecule has 14 heavy (non-hydrogen) atoms. The molecule has 1 N–H and O–H groups in total. The summed E-state index contributed by atoms with van der Waals surface area (Å²) in [4.78, 5) is 25.4. The number of carbonyl (C=O) groups is 2. The van der Waals surface area contributed by atoms with E-state index in [2.05, 4.69) is 10.3 Å². The van der Waals surface area contributed by atoms with Gasteiger partial charge < -0.3 is 15.2 Å². The third-order valence-corrected chi connectivity index (χ3v) is 1.62. The van der Waals surface area contributed by atoms with E-state index in [0.29, 0.717) is 5.56 Å². The largest absolute Gasteiger partial charge is 0.548 e. The van der Waals surface area contributed by atoms with Crippen LogP contribution in [0.5, 0.6) is 0 Å². The Balaban J connectivity index is 2.64. The smallest absolute Gasteiger partial charge is 0.253 e. The predicted molar refractivity (Wildman–Crippen MR) is 46.2 cm³/mol. The van der Waals surface area contributed by atoms with Gasteiger partial charge in [0.2, 0.25) is 0 Å². The molecule has 0 saturated heterocycles. The fourth-order valence-corrected chi connectivity index (χ4v) is 0.836. The highest BCUT2D eigenvalue weighted by Gasteiger charge is 2.09. The normalized spacial score (nSPS) is 11.8. The average molecular weight is 193 g/mol. The number of nitrogens with zero attached hydrogens (tertiary/aromatic N) is 1. The Bertz CT molecular complexity index is 337. The van der Waals surface area contributed by atoms with Gasteiger partial charge in [-0.15, -0.1) is 0 Å². The molecular formula is C9H9N2O3-. The topological polar surface area (TPSA) is 82.1 Å². The van der Waals surface area contributed by atoms with Crippen molar-refractivity contribution < 1.29 is 14.7 Å². The SMILES string of the molecule is C[C@@H](NC(=O)c1cccnc1)C(=O)[O-]. The minimum Gasteiger partial charge on any atom is -0.548 e. The zero-order chi connectivity index (χ0) is 10.6. The van der Waals surface area contributed by atoms with Crippen molar-refractivity contribution in [1.82, 2.24) is 10.3 Å². The number of hydrogen-bond donors (Lipinski definition) is 1. The first-order valence-electron chi connectivity index (χ1n) is 4.03. The first-order valence-corrected chi connectivity index (χ1v) is 4.03. The molecule has 0 radical (unpaired) electrons. The van der Waals surface area contributed by atoms with Gasteiger partial charge in [0.05, 0.1) is 17.6 Å². The summed E-state index contributed by atoms with van der Waals surface area (Å²) >= 11 is 0. The van der Waals surface area contributed by atoms with Crippen LogP contribution in [0.15, 0.2) is 24.5 Å². The molecule has 1 aromatic heterocycles. The highest BCUT2D eigenvalue weighted by atomic mass is 16.4. The second-order valence-electron chi connectivity index (χ2n) is 2.76. The van der Waals surface area contributed by atoms with Gasteiger partial charge in [-0.25, -0.2) is 0 Å². The number of pyridine rings is 1. The summed E-state index contributed by atoms with van der Waals surface area (Å²) in [7, 11) is 0. The Hall–Kier alpha value is -1.91. The summed E-state index contributed by atoms with van der Waals surface area (Å²) in [5, 5.41) is 12.6. The van der Waals surface area contributed by atoms with Crippen LogP contribution < -0.4 is 10.4 Å². The number of rotatable bonds is 3. The van der Waals surface area contributed by atoms with Crippen LogP contribution in [0.1, 0.15) is 17.3 Å². The van der Waals surface area contributed by atoms with Gasteiger partial charge in [-0.2, -0.15) is 0 Å². The van der Waals surface area contributed by atoms with E-state index < -0.39 is 17.9 Å². The third-order valence-electron chi connectivity index (χ3n) is 1.62. The number of hydrogen-bond acceptors (Lipinski definition) is 4. The molecule has 0 unspecified atom stereocenters. The Kier molecular flexibility index (Phi) is 3.17. The van der Waals surface area contributed by atoms with Crippen molar-refractivity contribution in [2.45, 2.75) is 13.0 Å². The number of carbonyl (C=O) groups excluding carboxylic acids is 2. The summed E-state index contributed by atoms with van der Waals surface area (Å²) in [5.41, 5.74) is 0.320. The van der Waals surface area contributed by atoms with Gasteiger partial charge in [-0.05, 0) is 19.1 Å². The zero-order valence-electron chi connectivity index (χ0n) is 7.56. The van der Waals surface area contributed by atoms with Gasteiger partial charge in [0, 0.05) is 12.4 Å². The molecule has 1 rings (SSSR count). The fourth-order valence-electron chi connectivity index (χ4n) is 0.836. The lowest BCUT2D eigenvalue weighted by Gasteiger charge is -2.14. The number of nitrogens with one attached hydrogen (secondary N) is 1. The van der Waals surface area contributed by atoms with E-state index in [-0.39, 0.29) is 0 Å². The van der Waals surface area contributed by atoms with Crippen molar-refractivity contribution >= 4 is 11.9 Å². The molecule has 0 aliphatic rings. The Morgan fingerprint density at radius 1 is 1.57 bits per heavy atom. The Morgan fingerprint density at radius 3 is 2.79 bits per heavy atom. The van der Waals surface area contributed by atoms with Gasteiger partial charge in [0.1, 0.15) is 0 Å². The van der Waals surface area contributed by atoms with Crippen molar-refractivity contribution in [2.24, 2.45) is 0 Å². The summed E-state index contributed by atoms with van der Waals surface area (Å²) < 4.78 is 0.